The Hall–Kier alpha value is -0.510. The number of hydrogen-bond donors (Lipinski definition) is 0. The van der Waals surface area contributed by atoms with Gasteiger partial charge in [0.05, 0.1) is 9.98 Å². The van der Waals surface area contributed by atoms with Crippen LogP contribution >= 0.6 is 27.3 Å². The van der Waals surface area contributed by atoms with E-state index in [1.807, 2.05) is 0 Å². The van der Waals surface area contributed by atoms with Gasteiger partial charge in [-0.2, -0.15) is 4.99 Å². The van der Waals surface area contributed by atoms with E-state index in [9.17, 15) is 4.79 Å². The Bertz CT molecular complexity index is 266. The largest absolute Gasteiger partial charge is 0.246 e. The standard InChI is InChI=1S/C5H3BrN2OS/c6-4-1-8-5(10-4)2-7-3-9/h1H,2H2. The number of aromatic nitrogens is 1. The molecule has 1 rings (SSSR count). The highest BCUT2D eigenvalue weighted by Gasteiger charge is 1.95. The fraction of sp³-hybridized carbons (Fsp3) is 0.200. The second-order valence-corrected chi connectivity index (χ2v) is 3.96. The van der Waals surface area contributed by atoms with Crippen molar-refractivity contribution >= 4 is 33.3 Å². The molecule has 5 heteroatoms. The van der Waals surface area contributed by atoms with E-state index in [-0.39, 0.29) is 0 Å². The van der Waals surface area contributed by atoms with Gasteiger partial charge in [-0.3, -0.25) is 0 Å². The highest BCUT2D eigenvalue weighted by molar-refractivity contribution is 9.11. The summed E-state index contributed by atoms with van der Waals surface area (Å²) in [5.74, 6) is 0. The van der Waals surface area contributed by atoms with Crippen LogP contribution in [-0.4, -0.2) is 11.1 Å². The molecule has 0 radical (unpaired) electrons. The summed E-state index contributed by atoms with van der Waals surface area (Å²) in [7, 11) is 0. The number of isocyanates is 1. The van der Waals surface area contributed by atoms with Gasteiger partial charge in [0.2, 0.25) is 6.08 Å². The van der Waals surface area contributed by atoms with Gasteiger partial charge in [0.15, 0.2) is 0 Å². The molecule has 0 amide bonds. The van der Waals surface area contributed by atoms with Crippen LogP contribution in [0.15, 0.2) is 15.0 Å². The quantitative estimate of drug-likeness (QED) is 0.561. The van der Waals surface area contributed by atoms with Gasteiger partial charge in [-0.25, -0.2) is 9.78 Å². The molecular weight excluding hydrogens is 216 g/mol. The average Bonchev–Trinajstić information content (AvgIpc) is 2.31. The lowest BCUT2D eigenvalue weighted by molar-refractivity contribution is 0.562. The molecule has 1 heterocycles. The van der Waals surface area contributed by atoms with Crippen LogP contribution < -0.4 is 0 Å². The zero-order valence-corrected chi connectivity index (χ0v) is 7.28. The molecule has 1 aromatic heterocycles. The highest BCUT2D eigenvalue weighted by Crippen LogP contribution is 2.19. The van der Waals surface area contributed by atoms with Crippen LogP contribution in [0.5, 0.6) is 0 Å². The first kappa shape index (κ1) is 7.60. The fourth-order valence-corrected chi connectivity index (χ4v) is 1.69. The van der Waals surface area contributed by atoms with Crippen molar-refractivity contribution in [1.29, 1.82) is 0 Å². The van der Waals surface area contributed by atoms with Crippen LogP contribution in [0.4, 0.5) is 0 Å². The first-order valence-electron chi connectivity index (χ1n) is 2.47. The number of aliphatic imine (C=N–C) groups is 1. The van der Waals surface area contributed by atoms with Crippen molar-refractivity contribution in [3.05, 3.63) is 15.0 Å². The Kier molecular flexibility index (Phi) is 2.74. The predicted octanol–water partition coefficient (Wildman–Crippen LogP) is 1.74. The third-order valence-corrected chi connectivity index (χ3v) is 2.27. The summed E-state index contributed by atoms with van der Waals surface area (Å²) in [5.41, 5.74) is 0. The SMILES string of the molecule is O=C=NCc1ncc(Br)s1. The average molecular weight is 219 g/mol. The van der Waals surface area contributed by atoms with Crippen LogP contribution in [0.1, 0.15) is 5.01 Å². The van der Waals surface area contributed by atoms with Crippen molar-refractivity contribution < 1.29 is 4.79 Å². The van der Waals surface area contributed by atoms with Gasteiger partial charge in [-0.05, 0) is 15.9 Å². The van der Waals surface area contributed by atoms with Gasteiger partial charge >= 0.3 is 0 Å². The van der Waals surface area contributed by atoms with Crippen molar-refractivity contribution in [3.8, 4) is 0 Å². The summed E-state index contributed by atoms with van der Waals surface area (Å²) >= 11 is 4.70. The van der Waals surface area contributed by atoms with Gasteiger partial charge < -0.3 is 0 Å². The molecule has 10 heavy (non-hydrogen) atoms. The lowest BCUT2D eigenvalue weighted by Crippen LogP contribution is -1.74. The Labute approximate surface area is 69.9 Å². The number of hydrogen-bond acceptors (Lipinski definition) is 4. The predicted molar refractivity (Wildman–Crippen MR) is 41.6 cm³/mol. The van der Waals surface area contributed by atoms with E-state index in [1.54, 1.807) is 6.20 Å². The molecule has 0 saturated heterocycles. The molecule has 0 aliphatic carbocycles. The van der Waals surface area contributed by atoms with Gasteiger partial charge in [-0.15, -0.1) is 11.3 Å². The van der Waals surface area contributed by atoms with Gasteiger partial charge in [0.1, 0.15) is 11.6 Å². The molecule has 0 N–H and O–H groups in total. The van der Waals surface area contributed by atoms with E-state index in [0.717, 1.165) is 8.79 Å². The monoisotopic (exact) mass is 218 g/mol. The molecule has 0 aliphatic heterocycles. The smallest absolute Gasteiger partial charge is 0.235 e. The van der Waals surface area contributed by atoms with Crippen molar-refractivity contribution in [2.24, 2.45) is 4.99 Å². The Morgan fingerprint density at radius 2 is 2.70 bits per heavy atom. The zero-order chi connectivity index (χ0) is 7.40. The summed E-state index contributed by atoms with van der Waals surface area (Å²) < 4.78 is 0.948. The lowest BCUT2D eigenvalue weighted by Gasteiger charge is -1.79. The first-order chi connectivity index (χ1) is 4.83. The second kappa shape index (κ2) is 3.61. The van der Waals surface area contributed by atoms with E-state index in [2.05, 4.69) is 25.9 Å². The lowest BCUT2D eigenvalue weighted by atomic mass is 10.7. The maximum Gasteiger partial charge on any atom is 0.235 e. The summed E-state index contributed by atoms with van der Waals surface area (Å²) in [6.45, 7) is 0.333. The Morgan fingerprint density at radius 3 is 3.20 bits per heavy atom. The van der Waals surface area contributed by atoms with Crippen LogP contribution in [0.3, 0.4) is 0 Å². The maximum atomic E-state index is 9.66. The molecule has 0 aliphatic rings. The van der Waals surface area contributed by atoms with Crippen LogP contribution in [-0.2, 0) is 11.3 Å². The summed E-state index contributed by atoms with van der Waals surface area (Å²) in [4.78, 5) is 17.0. The molecule has 0 saturated carbocycles. The molecule has 0 unspecified atom stereocenters. The summed E-state index contributed by atoms with van der Waals surface area (Å²) in [6, 6.07) is 0. The number of carbonyl (C=O) groups excluding carboxylic acids is 1. The molecule has 52 valence electrons. The van der Waals surface area contributed by atoms with Gasteiger partial charge in [0, 0.05) is 0 Å². The number of nitrogens with zero attached hydrogens (tertiary/aromatic N) is 2. The van der Waals surface area contributed by atoms with Crippen LogP contribution in [0, 0.1) is 0 Å². The normalized spacial score (nSPS) is 8.90. The van der Waals surface area contributed by atoms with Crippen LogP contribution in [0.25, 0.3) is 0 Å². The van der Waals surface area contributed by atoms with E-state index in [4.69, 9.17) is 0 Å². The topological polar surface area (TPSA) is 42.3 Å². The Balaban J connectivity index is 2.66. The minimum atomic E-state index is 0.333. The minimum absolute atomic E-state index is 0.333. The highest BCUT2D eigenvalue weighted by atomic mass is 79.9. The molecule has 0 aromatic carbocycles. The van der Waals surface area contributed by atoms with Crippen molar-refractivity contribution in [2.75, 3.05) is 0 Å². The Morgan fingerprint density at radius 1 is 1.90 bits per heavy atom. The third kappa shape index (κ3) is 2.02. The van der Waals surface area contributed by atoms with E-state index >= 15 is 0 Å². The summed E-state index contributed by atoms with van der Waals surface area (Å²) in [5, 5.41) is 0.815. The zero-order valence-electron chi connectivity index (χ0n) is 4.87. The maximum absolute atomic E-state index is 9.66. The van der Waals surface area contributed by atoms with E-state index in [1.165, 1.54) is 17.4 Å². The van der Waals surface area contributed by atoms with Gasteiger partial charge in [0.25, 0.3) is 0 Å². The number of halogens is 1. The van der Waals surface area contributed by atoms with Crippen molar-refractivity contribution in [3.63, 3.8) is 0 Å². The first-order valence-corrected chi connectivity index (χ1v) is 4.07. The number of rotatable bonds is 2. The van der Waals surface area contributed by atoms with Crippen molar-refractivity contribution in [2.45, 2.75) is 6.54 Å². The molecule has 0 atom stereocenters. The van der Waals surface area contributed by atoms with Crippen molar-refractivity contribution in [1.82, 2.24) is 4.98 Å². The fourth-order valence-electron chi connectivity index (χ4n) is 0.461. The molecule has 0 spiro atoms. The van der Waals surface area contributed by atoms with Gasteiger partial charge in [-0.1, -0.05) is 0 Å². The molecule has 1 aromatic rings. The second-order valence-electron chi connectivity index (χ2n) is 1.47. The molecular formula is C5H3BrN2OS. The third-order valence-electron chi connectivity index (χ3n) is 0.804. The number of thiazole rings is 1. The molecule has 3 nitrogen and oxygen atoms in total. The molecule has 0 bridgehead atoms. The van der Waals surface area contributed by atoms with Crippen LogP contribution in [0.2, 0.25) is 0 Å². The summed E-state index contributed by atoms with van der Waals surface area (Å²) in [6.07, 6.45) is 3.13. The van der Waals surface area contributed by atoms with E-state index in [0.29, 0.717) is 6.54 Å². The molecule has 0 fully saturated rings. The van der Waals surface area contributed by atoms with E-state index < -0.39 is 0 Å². The minimum Gasteiger partial charge on any atom is -0.246 e.